The van der Waals surface area contributed by atoms with Gasteiger partial charge >= 0.3 is 7.12 Å². The van der Waals surface area contributed by atoms with Crippen LogP contribution in [0.4, 0.5) is 0 Å². The molecular formula is C16H23BO4. The number of ether oxygens (including phenoxy) is 1. The van der Waals surface area contributed by atoms with E-state index < -0.39 is 18.3 Å². The molecule has 0 amide bonds. The Balaban J connectivity index is 2.36. The fraction of sp³-hybridized carbons (Fsp3) is 0.562. The molecule has 0 spiro atoms. The number of benzene rings is 1. The van der Waals surface area contributed by atoms with Crippen molar-refractivity contribution in [2.45, 2.75) is 58.8 Å². The van der Waals surface area contributed by atoms with Gasteiger partial charge < -0.3 is 14.0 Å². The molecule has 1 saturated heterocycles. The van der Waals surface area contributed by atoms with Gasteiger partial charge in [0.2, 0.25) is 0 Å². The molecule has 0 N–H and O–H groups in total. The zero-order valence-corrected chi connectivity index (χ0v) is 13.6. The van der Waals surface area contributed by atoms with Crippen LogP contribution in [-0.2, 0) is 9.31 Å². The van der Waals surface area contributed by atoms with E-state index in [-0.39, 0.29) is 6.10 Å². The van der Waals surface area contributed by atoms with Crippen molar-refractivity contribution >= 4 is 18.9 Å². The Kier molecular flexibility index (Phi) is 4.18. The first-order valence-electron chi connectivity index (χ1n) is 7.28. The van der Waals surface area contributed by atoms with Crippen LogP contribution < -0.4 is 10.2 Å². The minimum atomic E-state index is -0.564. The highest BCUT2D eigenvalue weighted by Gasteiger charge is 2.52. The second-order valence-electron chi connectivity index (χ2n) is 6.66. The van der Waals surface area contributed by atoms with Crippen LogP contribution in [-0.4, -0.2) is 30.7 Å². The van der Waals surface area contributed by atoms with Crippen molar-refractivity contribution in [3.05, 3.63) is 23.8 Å². The van der Waals surface area contributed by atoms with Gasteiger partial charge in [0, 0.05) is 5.56 Å². The van der Waals surface area contributed by atoms with E-state index in [1.807, 2.05) is 47.6 Å². The first kappa shape index (κ1) is 16.1. The molecule has 1 aliphatic heterocycles. The van der Waals surface area contributed by atoms with Crippen LogP contribution in [0.1, 0.15) is 51.9 Å². The van der Waals surface area contributed by atoms with Gasteiger partial charge in [-0.3, -0.25) is 4.79 Å². The minimum Gasteiger partial charge on any atom is -0.491 e. The number of hydrogen-bond donors (Lipinski definition) is 0. The van der Waals surface area contributed by atoms with E-state index in [0.717, 1.165) is 6.29 Å². The second kappa shape index (κ2) is 5.46. The van der Waals surface area contributed by atoms with Crippen molar-refractivity contribution in [2.24, 2.45) is 0 Å². The van der Waals surface area contributed by atoms with Gasteiger partial charge in [-0.1, -0.05) is 0 Å². The van der Waals surface area contributed by atoms with Gasteiger partial charge in [-0.25, -0.2) is 0 Å². The van der Waals surface area contributed by atoms with E-state index in [1.165, 1.54) is 0 Å². The molecule has 0 aromatic heterocycles. The quantitative estimate of drug-likeness (QED) is 0.631. The standard InChI is InChI=1S/C16H23BO4/c1-11(2)19-13-8-7-12(10-18)14(9-13)17-20-15(3,4)16(5,6)21-17/h7-11H,1-6H3. The molecule has 0 radical (unpaired) electrons. The summed E-state index contributed by atoms with van der Waals surface area (Å²) in [5.41, 5.74) is 0.394. The number of carbonyl (C=O) groups is 1. The van der Waals surface area contributed by atoms with Gasteiger partial charge in [-0.15, -0.1) is 0 Å². The third-order valence-electron chi connectivity index (χ3n) is 4.06. The molecule has 0 atom stereocenters. The number of carbonyl (C=O) groups excluding carboxylic acids is 1. The maximum Gasteiger partial charge on any atom is 0.495 e. The summed E-state index contributed by atoms with van der Waals surface area (Å²) in [6, 6.07) is 5.36. The van der Waals surface area contributed by atoms with Gasteiger partial charge in [0.15, 0.2) is 0 Å². The SMILES string of the molecule is CC(C)Oc1ccc(C=O)c(B2OC(C)(C)C(C)(C)O2)c1. The van der Waals surface area contributed by atoms with Crippen LogP contribution in [0.5, 0.6) is 5.75 Å². The topological polar surface area (TPSA) is 44.8 Å². The summed E-state index contributed by atoms with van der Waals surface area (Å²) >= 11 is 0. The molecule has 1 heterocycles. The summed E-state index contributed by atoms with van der Waals surface area (Å²) in [6.45, 7) is 11.9. The van der Waals surface area contributed by atoms with Crippen LogP contribution in [0.3, 0.4) is 0 Å². The van der Waals surface area contributed by atoms with E-state index in [4.69, 9.17) is 14.0 Å². The van der Waals surface area contributed by atoms with E-state index >= 15 is 0 Å². The van der Waals surface area contributed by atoms with Gasteiger partial charge in [-0.2, -0.15) is 0 Å². The lowest BCUT2D eigenvalue weighted by atomic mass is 9.76. The van der Waals surface area contributed by atoms with E-state index in [9.17, 15) is 4.79 Å². The van der Waals surface area contributed by atoms with Crippen molar-refractivity contribution < 1.29 is 18.8 Å². The third-order valence-corrected chi connectivity index (χ3v) is 4.06. The van der Waals surface area contributed by atoms with Gasteiger partial charge in [0.25, 0.3) is 0 Å². The van der Waals surface area contributed by atoms with Gasteiger partial charge in [-0.05, 0) is 65.2 Å². The lowest BCUT2D eigenvalue weighted by Crippen LogP contribution is -2.41. The van der Waals surface area contributed by atoms with Gasteiger partial charge in [0.1, 0.15) is 12.0 Å². The fourth-order valence-electron chi connectivity index (χ4n) is 2.18. The first-order chi connectivity index (χ1) is 9.66. The molecule has 2 rings (SSSR count). The second-order valence-corrected chi connectivity index (χ2v) is 6.66. The highest BCUT2D eigenvalue weighted by atomic mass is 16.7. The molecule has 1 aromatic rings. The Labute approximate surface area is 126 Å². The molecule has 5 heteroatoms. The van der Waals surface area contributed by atoms with Crippen LogP contribution in [0.25, 0.3) is 0 Å². The smallest absolute Gasteiger partial charge is 0.491 e. The van der Waals surface area contributed by atoms with Crippen molar-refractivity contribution in [2.75, 3.05) is 0 Å². The van der Waals surface area contributed by atoms with Crippen LogP contribution in [0, 0.1) is 0 Å². The van der Waals surface area contributed by atoms with Crippen LogP contribution >= 0.6 is 0 Å². The third kappa shape index (κ3) is 3.14. The maximum atomic E-state index is 11.3. The lowest BCUT2D eigenvalue weighted by molar-refractivity contribution is 0.00578. The summed E-state index contributed by atoms with van der Waals surface area (Å²) < 4.78 is 17.7. The van der Waals surface area contributed by atoms with Crippen molar-refractivity contribution in [3.8, 4) is 5.75 Å². The molecule has 4 nitrogen and oxygen atoms in total. The zero-order chi connectivity index (χ0) is 15.8. The Morgan fingerprint density at radius 1 is 1.14 bits per heavy atom. The van der Waals surface area contributed by atoms with E-state index in [1.54, 1.807) is 12.1 Å². The Morgan fingerprint density at radius 3 is 2.19 bits per heavy atom. The van der Waals surface area contributed by atoms with Crippen molar-refractivity contribution in [1.82, 2.24) is 0 Å². The van der Waals surface area contributed by atoms with E-state index in [2.05, 4.69) is 0 Å². The minimum absolute atomic E-state index is 0.0678. The highest BCUT2D eigenvalue weighted by Crippen LogP contribution is 2.36. The highest BCUT2D eigenvalue weighted by molar-refractivity contribution is 6.63. The lowest BCUT2D eigenvalue weighted by Gasteiger charge is -2.32. The summed E-state index contributed by atoms with van der Waals surface area (Å²) in [6.07, 6.45) is 0.887. The molecule has 0 aliphatic carbocycles. The van der Waals surface area contributed by atoms with Crippen LogP contribution in [0.2, 0.25) is 0 Å². The molecule has 1 aromatic carbocycles. The molecule has 114 valence electrons. The number of rotatable bonds is 4. The summed E-state index contributed by atoms with van der Waals surface area (Å²) in [5.74, 6) is 0.709. The fourth-order valence-corrected chi connectivity index (χ4v) is 2.18. The molecule has 1 aliphatic rings. The molecule has 0 unspecified atom stereocenters. The van der Waals surface area contributed by atoms with Crippen LogP contribution in [0.15, 0.2) is 18.2 Å². The predicted molar refractivity (Wildman–Crippen MR) is 83.3 cm³/mol. The number of hydrogen-bond acceptors (Lipinski definition) is 4. The maximum absolute atomic E-state index is 11.3. The largest absolute Gasteiger partial charge is 0.495 e. The molecule has 0 saturated carbocycles. The normalized spacial score (nSPS) is 19.9. The Morgan fingerprint density at radius 2 is 1.71 bits per heavy atom. The summed E-state index contributed by atoms with van der Waals surface area (Å²) in [4.78, 5) is 11.3. The Bertz CT molecular complexity index is 521. The summed E-state index contributed by atoms with van der Waals surface area (Å²) in [5, 5.41) is 0. The Hall–Kier alpha value is -1.33. The summed E-state index contributed by atoms with van der Waals surface area (Å²) in [7, 11) is -0.564. The predicted octanol–water partition coefficient (Wildman–Crippen LogP) is 2.59. The average Bonchev–Trinajstić information content (AvgIpc) is 2.57. The molecule has 21 heavy (non-hydrogen) atoms. The van der Waals surface area contributed by atoms with Crippen molar-refractivity contribution in [3.63, 3.8) is 0 Å². The molecule has 0 bridgehead atoms. The molecular weight excluding hydrogens is 267 g/mol. The van der Waals surface area contributed by atoms with E-state index in [0.29, 0.717) is 16.8 Å². The average molecular weight is 290 g/mol. The van der Waals surface area contributed by atoms with Gasteiger partial charge in [0.05, 0.1) is 17.3 Å². The zero-order valence-electron chi connectivity index (χ0n) is 13.6. The monoisotopic (exact) mass is 290 g/mol. The first-order valence-corrected chi connectivity index (χ1v) is 7.28. The number of aldehydes is 1. The molecule has 1 fully saturated rings. The van der Waals surface area contributed by atoms with Crippen molar-refractivity contribution in [1.29, 1.82) is 0 Å².